The molecule has 0 aliphatic carbocycles. The molecule has 0 aliphatic heterocycles. The molecule has 0 amide bonds. The zero-order valence-corrected chi connectivity index (χ0v) is 15.2. The fourth-order valence-corrected chi connectivity index (χ4v) is 2.67. The Labute approximate surface area is 158 Å². The Balaban J connectivity index is 1.90. The molecule has 0 aliphatic rings. The van der Waals surface area contributed by atoms with Crippen molar-refractivity contribution < 1.29 is 18.6 Å². The molecule has 140 valence electrons. The molecule has 3 aromatic rings. The van der Waals surface area contributed by atoms with Crippen molar-refractivity contribution >= 4 is 0 Å². The summed E-state index contributed by atoms with van der Waals surface area (Å²) in [5.74, 6) is 1.23. The van der Waals surface area contributed by atoms with Crippen LogP contribution in [0.4, 0.5) is 4.39 Å². The Bertz CT molecular complexity index is 884. The zero-order chi connectivity index (χ0) is 19.1. The van der Waals surface area contributed by atoms with Gasteiger partial charge in [-0.05, 0) is 35.4 Å². The average molecular weight is 367 g/mol. The third-order valence-electron chi connectivity index (χ3n) is 4.04. The first-order valence-electron chi connectivity index (χ1n) is 8.69. The van der Waals surface area contributed by atoms with E-state index in [9.17, 15) is 4.39 Å². The van der Waals surface area contributed by atoms with E-state index in [1.165, 1.54) is 13.2 Å². The van der Waals surface area contributed by atoms with Gasteiger partial charge < -0.3 is 19.9 Å². The first kappa shape index (κ1) is 18.7. The second-order valence-corrected chi connectivity index (χ2v) is 5.92. The molecule has 0 radical (unpaired) electrons. The first-order chi connectivity index (χ1) is 13.2. The highest BCUT2D eigenvalue weighted by atomic mass is 19.1. The van der Waals surface area contributed by atoms with Crippen LogP contribution in [-0.4, -0.2) is 20.3 Å². The Kier molecular flexibility index (Phi) is 6.28. The minimum atomic E-state index is -0.362. The third-order valence-corrected chi connectivity index (χ3v) is 4.04. The summed E-state index contributed by atoms with van der Waals surface area (Å²) in [4.78, 5) is 0. The van der Waals surface area contributed by atoms with Crippen molar-refractivity contribution in [2.45, 2.75) is 6.61 Å². The summed E-state index contributed by atoms with van der Waals surface area (Å²) in [5, 5.41) is 0. The summed E-state index contributed by atoms with van der Waals surface area (Å²) >= 11 is 0. The molecule has 0 saturated heterocycles. The van der Waals surface area contributed by atoms with Crippen LogP contribution in [0.15, 0.2) is 66.7 Å². The van der Waals surface area contributed by atoms with Crippen LogP contribution in [0, 0.1) is 5.82 Å². The lowest BCUT2D eigenvalue weighted by atomic mass is 10.0. The van der Waals surface area contributed by atoms with Crippen molar-refractivity contribution in [1.29, 1.82) is 0 Å². The molecular weight excluding hydrogens is 345 g/mol. The van der Waals surface area contributed by atoms with Gasteiger partial charge in [-0.3, -0.25) is 0 Å². The van der Waals surface area contributed by atoms with Crippen molar-refractivity contribution in [2.75, 3.05) is 20.3 Å². The van der Waals surface area contributed by atoms with Gasteiger partial charge in [-0.25, -0.2) is 4.39 Å². The van der Waals surface area contributed by atoms with E-state index in [1.54, 1.807) is 30.3 Å². The molecular formula is C22H22FNO3. The average Bonchev–Trinajstić information content (AvgIpc) is 2.71. The summed E-state index contributed by atoms with van der Waals surface area (Å²) in [7, 11) is 1.51. The van der Waals surface area contributed by atoms with Crippen LogP contribution in [0.5, 0.6) is 17.2 Å². The summed E-state index contributed by atoms with van der Waals surface area (Å²) < 4.78 is 31.1. The van der Waals surface area contributed by atoms with E-state index in [2.05, 4.69) is 0 Å². The summed E-state index contributed by atoms with van der Waals surface area (Å²) in [5.41, 5.74) is 7.72. The molecule has 3 aromatic carbocycles. The van der Waals surface area contributed by atoms with Crippen molar-refractivity contribution in [1.82, 2.24) is 0 Å². The van der Waals surface area contributed by atoms with E-state index in [0.717, 1.165) is 5.56 Å². The molecule has 4 nitrogen and oxygen atoms in total. The molecule has 0 heterocycles. The Morgan fingerprint density at radius 3 is 2.41 bits per heavy atom. The van der Waals surface area contributed by atoms with Gasteiger partial charge in [-0.15, -0.1) is 0 Å². The van der Waals surface area contributed by atoms with E-state index in [-0.39, 0.29) is 5.82 Å². The molecule has 0 bridgehead atoms. The van der Waals surface area contributed by atoms with E-state index >= 15 is 0 Å². The summed E-state index contributed by atoms with van der Waals surface area (Å²) in [6, 6.07) is 19.9. The van der Waals surface area contributed by atoms with Gasteiger partial charge in [0, 0.05) is 18.2 Å². The van der Waals surface area contributed by atoms with Crippen molar-refractivity contribution in [3.8, 4) is 28.4 Å². The second kappa shape index (κ2) is 9.05. The lowest BCUT2D eigenvalue weighted by Crippen LogP contribution is -2.11. The molecule has 3 rings (SSSR count). The van der Waals surface area contributed by atoms with E-state index in [4.69, 9.17) is 19.9 Å². The number of rotatable bonds is 8. The van der Waals surface area contributed by atoms with Gasteiger partial charge in [-0.2, -0.15) is 0 Å². The van der Waals surface area contributed by atoms with Crippen molar-refractivity contribution in [3.63, 3.8) is 0 Å². The maximum atomic E-state index is 14.4. The van der Waals surface area contributed by atoms with Crippen LogP contribution in [-0.2, 0) is 6.61 Å². The van der Waals surface area contributed by atoms with Gasteiger partial charge >= 0.3 is 0 Å². The predicted molar refractivity (Wildman–Crippen MR) is 104 cm³/mol. The lowest BCUT2D eigenvalue weighted by Gasteiger charge is -2.15. The predicted octanol–water partition coefficient (Wildman–Crippen LogP) is 4.42. The summed E-state index contributed by atoms with van der Waals surface area (Å²) in [6.07, 6.45) is 0. The molecule has 2 N–H and O–H groups in total. The molecule has 0 spiro atoms. The van der Waals surface area contributed by atoms with Crippen LogP contribution < -0.4 is 19.9 Å². The molecule has 27 heavy (non-hydrogen) atoms. The SMILES string of the molecule is COc1ccc(-c2ccc(OCCN)c(OCc3ccccc3)c2)c(F)c1. The van der Waals surface area contributed by atoms with Gasteiger partial charge in [0.1, 0.15) is 24.8 Å². The van der Waals surface area contributed by atoms with Crippen LogP contribution in [0.1, 0.15) is 5.56 Å². The lowest BCUT2D eigenvalue weighted by molar-refractivity contribution is 0.266. The fourth-order valence-electron chi connectivity index (χ4n) is 2.67. The number of hydrogen-bond donors (Lipinski definition) is 1. The van der Waals surface area contributed by atoms with E-state index in [0.29, 0.717) is 48.1 Å². The Morgan fingerprint density at radius 1 is 0.889 bits per heavy atom. The van der Waals surface area contributed by atoms with Crippen molar-refractivity contribution in [3.05, 3.63) is 78.1 Å². The smallest absolute Gasteiger partial charge is 0.162 e. The van der Waals surface area contributed by atoms with Crippen molar-refractivity contribution in [2.24, 2.45) is 5.73 Å². The van der Waals surface area contributed by atoms with Gasteiger partial charge in [-0.1, -0.05) is 36.4 Å². The maximum Gasteiger partial charge on any atom is 0.162 e. The Hall–Kier alpha value is -3.05. The molecule has 0 saturated carbocycles. The second-order valence-electron chi connectivity index (χ2n) is 5.92. The number of hydrogen-bond acceptors (Lipinski definition) is 4. The zero-order valence-electron chi connectivity index (χ0n) is 15.2. The topological polar surface area (TPSA) is 53.7 Å². The monoisotopic (exact) mass is 367 g/mol. The minimum Gasteiger partial charge on any atom is -0.497 e. The van der Waals surface area contributed by atoms with Gasteiger partial charge in [0.05, 0.1) is 7.11 Å². The normalized spacial score (nSPS) is 10.5. The molecule has 0 atom stereocenters. The number of halogens is 1. The standard InChI is InChI=1S/C22H22FNO3/c1-25-18-8-9-19(20(23)14-18)17-7-10-21(26-12-11-24)22(13-17)27-15-16-5-3-2-4-6-16/h2-10,13-14H,11-12,15,24H2,1H3. The molecule has 0 unspecified atom stereocenters. The quantitative estimate of drug-likeness (QED) is 0.640. The molecule has 0 aromatic heterocycles. The minimum absolute atomic E-state index is 0.362. The number of benzene rings is 3. The fraction of sp³-hybridized carbons (Fsp3) is 0.182. The highest BCUT2D eigenvalue weighted by Crippen LogP contribution is 2.35. The largest absolute Gasteiger partial charge is 0.497 e. The molecule has 5 heteroatoms. The number of methoxy groups -OCH3 is 1. The third kappa shape index (κ3) is 4.77. The van der Waals surface area contributed by atoms with Gasteiger partial charge in [0.15, 0.2) is 11.5 Å². The first-order valence-corrected chi connectivity index (χ1v) is 8.69. The van der Waals surface area contributed by atoms with Crippen LogP contribution in [0.2, 0.25) is 0 Å². The van der Waals surface area contributed by atoms with E-state index in [1.807, 2.05) is 30.3 Å². The maximum absolute atomic E-state index is 14.4. The number of ether oxygens (including phenoxy) is 3. The van der Waals surface area contributed by atoms with Crippen LogP contribution >= 0.6 is 0 Å². The van der Waals surface area contributed by atoms with Gasteiger partial charge in [0.2, 0.25) is 0 Å². The van der Waals surface area contributed by atoms with Gasteiger partial charge in [0.25, 0.3) is 0 Å². The summed E-state index contributed by atoms with van der Waals surface area (Å²) in [6.45, 7) is 1.15. The highest BCUT2D eigenvalue weighted by molar-refractivity contribution is 5.68. The highest BCUT2D eigenvalue weighted by Gasteiger charge is 2.12. The number of nitrogens with two attached hydrogens (primary N) is 1. The molecule has 0 fully saturated rings. The van der Waals surface area contributed by atoms with Crippen LogP contribution in [0.3, 0.4) is 0 Å². The van der Waals surface area contributed by atoms with Crippen LogP contribution in [0.25, 0.3) is 11.1 Å². The van der Waals surface area contributed by atoms with E-state index < -0.39 is 0 Å². The Morgan fingerprint density at radius 2 is 1.70 bits per heavy atom.